The third kappa shape index (κ3) is 4.08. The van der Waals surface area contributed by atoms with Crippen LogP contribution in [0.5, 0.6) is 0 Å². The molecule has 1 fully saturated rings. The number of nitrogen functional groups attached to an aromatic ring is 2. The van der Waals surface area contributed by atoms with Gasteiger partial charge < -0.3 is 22.1 Å². The monoisotopic (exact) mass is 250 g/mol. The summed E-state index contributed by atoms with van der Waals surface area (Å²) in [6.45, 7) is 0.647. The topological polar surface area (TPSA) is 119 Å². The summed E-state index contributed by atoms with van der Waals surface area (Å²) in [5.41, 5.74) is 11.0. The van der Waals surface area contributed by atoms with E-state index >= 15 is 0 Å². The van der Waals surface area contributed by atoms with Crippen LogP contribution in [0.15, 0.2) is 6.07 Å². The summed E-state index contributed by atoms with van der Waals surface area (Å²) in [6.07, 6.45) is 3.48. The van der Waals surface area contributed by atoms with Gasteiger partial charge in [-0.25, -0.2) is 0 Å². The maximum absolute atomic E-state index is 11.4. The Morgan fingerprint density at radius 3 is 2.83 bits per heavy atom. The van der Waals surface area contributed by atoms with Crippen molar-refractivity contribution in [3.05, 3.63) is 6.07 Å². The molecular formula is C11H18N6O. The Morgan fingerprint density at radius 1 is 1.39 bits per heavy atom. The second-order valence-electron chi connectivity index (χ2n) is 4.41. The van der Waals surface area contributed by atoms with Crippen molar-refractivity contribution in [3.63, 3.8) is 0 Å². The molecule has 0 unspecified atom stereocenters. The van der Waals surface area contributed by atoms with Gasteiger partial charge in [0.1, 0.15) is 11.6 Å². The van der Waals surface area contributed by atoms with Crippen molar-refractivity contribution >= 4 is 23.5 Å². The minimum atomic E-state index is 0.112. The number of hydrogen-bond acceptors (Lipinski definition) is 6. The van der Waals surface area contributed by atoms with Gasteiger partial charge in [-0.1, -0.05) is 0 Å². The fourth-order valence-electron chi connectivity index (χ4n) is 1.57. The van der Waals surface area contributed by atoms with Crippen molar-refractivity contribution in [2.24, 2.45) is 0 Å². The van der Waals surface area contributed by atoms with Crippen LogP contribution in [0.3, 0.4) is 0 Å². The molecule has 0 aromatic carbocycles. The Balaban J connectivity index is 1.66. The fraction of sp³-hybridized carbons (Fsp3) is 0.545. The highest BCUT2D eigenvalue weighted by Crippen LogP contribution is 2.18. The summed E-state index contributed by atoms with van der Waals surface area (Å²) in [7, 11) is 0. The van der Waals surface area contributed by atoms with Crippen LogP contribution >= 0.6 is 0 Å². The van der Waals surface area contributed by atoms with E-state index in [1.54, 1.807) is 6.07 Å². The van der Waals surface area contributed by atoms with Crippen LogP contribution in [0, 0.1) is 0 Å². The first-order valence-electron chi connectivity index (χ1n) is 6.07. The van der Waals surface area contributed by atoms with Crippen LogP contribution < -0.4 is 22.1 Å². The zero-order valence-electron chi connectivity index (χ0n) is 10.1. The van der Waals surface area contributed by atoms with E-state index in [0.717, 1.165) is 19.3 Å². The number of nitrogens with one attached hydrogen (secondary N) is 2. The molecule has 0 spiro atoms. The number of aromatic nitrogens is 2. The van der Waals surface area contributed by atoms with Crippen molar-refractivity contribution in [1.82, 2.24) is 15.3 Å². The third-order valence-corrected chi connectivity index (χ3v) is 2.59. The number of anilines is 3. The van der Waals surface area contributed by atoms with Crippen LogP contribution in [0.1, 0.15) is 25.7 Å². The lowest BCUT2D eigenvalue weighted by Gasteiger charge is -2.07. The molecule has 2 rings (SSSR count). The fourth-order valence-corrected chi connectivity index (χ4v) is 1.57. The Bertz CT molecular complexity index is 411. The molecule has 1 saturated carbocycles. The molecule has 0 aliphatic heterocycles. The minimum absolute atomic E-state index is 0.112. The molecule has 0 radical (unpaired) electrons. The van der Waals surface area contributed by atoms with Gasteiger partial charge in [-0.05, 0) is 19.3 Å². The van der Waals surface area contributed by atoms with Gasteiger partial charge in [0.2, 0.25) is 11.9 Å². The highest BCUT2D eigenvalue weighted by molar-refractivity contribution is 5.76. The number of carbonyl (C=O) groups excluding carboxylic acids is 1. The Kier molecular flexibility index (Phi) is 3.81. The normalized spacial score (nSPS) is 14.2. The molecule has 0 atom stereocenters. The van der Waals surface area contributed by atoms with E-state index in [-0.39, 0.29) is 11.9 Å². The van der Waals surface area contributed by atoms with Gasteiger partial charge >= 0.3 is 0 Å². The van der Waals surface area contributed by atoms with Crippen molar-refractivity contribution in [3.8, 4) is 0 Å². The molecule has 1 amide bonds. The maximum Gasteiger partial charge on any atom is 0.223 e. The van der Waals surface area contributed by atoms with Crippen LogP contribution in [-0.4, -0.2) is 28.5 Å². The van der Waals surface area contributed by atoms with Gasteiger partial charge in [-0.2, -0.15) is 9.97 Å². The second-order valence-corrected chi connectivity index (χ2v) is 4.41. The van der Waals surface area contributed by atoms with Gasteiger partial charge in [0.25, 0.3) is 0 Å². The number of nitrogens with two attached hydrogens (primary N) is 2. The van der Waals surface area contributed by atoms with E-state index in [9.17, 15) is 4.79 Å². The molecule has 7 heteroatoms. The summed E-state index contributed by atoms with van der Waals surface area (Å²) >= 11 is 0. The average molecular weight is 250 g/mol. The standard InChI is InChI=1S/C11H18N6O/c12-8-6-9(17-11(13)16-8)14-5-1-2-10(18)15-7-3-4-7/h6-7H,1-5H2,(H,15,18)(H5,12,13,14,16,17). The first-order valence-corrected chi connectivity index (χ1v) is 6.07. The summed E-state index contributed by atoms with van der Waals surface area (Å²) in [5.74, 6) is 1.17. The van der Waals surface area contributed by atoms with E-state index < -0.39 is 0 Å². The van der Waals surface area contributed by atoms with Crippen molar-refractivity contribution in [1.29, 1.82) is 0 Å². The molecule has 7 nitrogen and oxygen atoms in total. The van der Waals surface area contributed by atoms with Crippen molar-refractivity contribution in [2.75, 3.05) is 23.3 Å². The van der Waals surface area contributed by atoms with Gasteiger partial charge in [0, 0.05) is 25.1 Å². The van der Waals surface area contributed by atoms with E-state index in [2.05, 4.69) is 20.6 Å². The molecule has 0 saturated heterocycles. The lowest BCUT2D eigenvalue weighted by atomic mass is 10.3. The van der Waals surface area contributed by atoms with E-state index in [0.29, 0.717) is 30.6 Å². The lowest BCUT2D eigenvalue weighted by molar-refractivity contribution is -0.121. The summed E-state index contributed by atoms with van der Waals surface area (Å²) in [4.78, 5) is 19.2. The highest BCUT2D eigenvalue weighted by atomic mass is 16.1. The van der Waals surface area contributed by atoms with Crippen LogP contribution in [-0.2, 0) is 4.79 Å². The Labute approximate surface area is 105 Å². The SMILES string of the molecule is Nc1cc(NCCCC(=O)NC2CC2)nc(N)n1. The van der Waals surface area contributed by atoms with E-state index in [4.69, 9.17) is 11.5 Å². The summed E-state index contributed by atoms with van der Waals surface area (Å²) in [5, 5.41) is 6.00. The Morgan fingerprint density at radius 2 is 2.17 bits per heavy atom. The largest absolute Gasteiger partial charge is 0.383 e. The van der Waals surface area contributed by atoms with Crippen LogP contribution in [0.4, 0.5) is 17.6 Å². The number of nitrogens with zero attached hydrogens (tertiary/aromatic N) is 2. The molecule has 18 heavy (non-hydrogen) atoms. The lowest BCUT2D eigenvalue weighted by Crippen LogP contribution is -2.25. The smallest absolute Gasteiger partial charge is 0.223 e. The minimum Gasteiger partial charge on any atom is -0.383 e. The highest BCUT2D eigenvalue weighted by Gasteiger charge is 2.22. The molecule has 1 heterocycles. The number of carbonyl (C=O) groups is 1. The summed E-state index contributed by atoms with van der Waals surface area (Å²) < 4.78 is 0. The zero-order chi connectivity index (χ0) is 13.0. The molecule has 0 bridgehead atoms. The molecule has 98 valence electrons. The quantitative estimate of drug-likeness (QED) is 0.532. The number of rotatable bonds is 6. The van der Waals surface area contributed by atoms with Gasteiger partial charge in [0.15, 0.2) is 0 Å². The van der Waals surface area contributed by atoms with Crippen molar-refractivity contribution < 1.29 is 4.79 Å². The first-order chi connectivity index (χ1) is 8.63. The van der Waals surface area contributed by atoms with Crippen molar-refractivity contribution in [2.45, 2.75) is 31.7 Å². The predicted octanol–water partition coefficient (Wildman–Crippen LogP) is 0.112. The first kappa shape index (κ1) is 12.4. The molecule has 1 aromatic rings. The number of hydrogen-bond donors (Lipinski definition) is 4. The van der Waals surface area contributed by atoms with E-state index in [1.165, 1.54) is 0 Å². The molecule has 6 N–H and O–H groups in total. The molecular weight excluding hydrogens is 232 g/mol. The van der Waals surface area contributed by atoms with Crippen LogP contribution in [0.25, 0.3) is 0 Å². The second kappa shape index (κ2) is 5.52. The Hall–Kier alpha value is -2.05. The van der Waals surface area contributed by atoms with Gasteiger partial charge in [-0.3, -0.25) is 4.79 Å². The number of amides is 1. The third-order valence-electron chi connectivity index (χ3n) is 2.59. The van der Waals surface area contributed by atoms with Gasteiger partial charge in [0.05, 0.1) is 0 Å². The molecule has 1 aliphatic carbocycles. The molecule has 1 aromatic heterocycles. The predicted molar refractivity (Wildman–Crippen MR) is 69.7 cm³/mol. The van der Waals surface area contributed by atoms with E-state index in [1.807, 2.05) is 0 Å². The molecule has 1 aliphatic rings. The maximum atomic E-state index is 11.4. The zero-order valence-corrected chi connectivity index (χ0v) is 10.1. The van der Waals surface area contributed by atoms with Gasteiger partial charge in [-0.15, -0.1) is 0 Å². The summed E-state index contributed by atoms with van der Waals surface area (Å²) in [6, 6.07) is 2.03. The average Bonchev–Trinajstić information content (AvgIpc) is 3.07. The van der Waals surface area contributed by atoms with Crippen LogP contribution in [0.2, 0.25) is 0 Å².